The Morgan fingerprint density at radius 1 is 1.29 bits per heavy atom. The van der Waals surface area contributed by atoms with E-state index in [0.29, 0.717) is 11.3 Å². The van der Waals surface area contributed by atoms with Crippen LogP contribution in [0.25, 0.3) is 5.65 Å². The van der Waals surface area contributed by atoms with E-state index in [2.05, 4.69) is 20.6 Å². The Bertz CT molecular complexity index is 951. The Morgan fingerprint density at radius 2 is 2.21 bits per heavy atom. The number of carbonyl (C=O) groups is 1. The largest absolute Gasteiger partial charge is 0.333 e. The number of anilines is 1. The SMILES string of the molecule is O=C(Nc1cnc2ccccn2c1=O)c1cn2c(n1)CCNCC2. The number of imidazole rings is 1. The Kier molecular flexibility index (Phi) is 3.58. The van der Waals surface area contributed by atoms with Crippen molar-refractivity contribution in [3.8, 4) is 0 Å². The van der Waals surface area contributed by atoms with Crippen molar-refractivity contribution in [1.29, 1.82) is 0 Å². The lowest BCUT2D eigenvalue weighted by Crippen LogP contribution is -2.23. The molecule has 1 aliphatic heterocycles. The molecule has 1 aliphatic rings. The highest BCUT2D eigenvalue weighted by atomic mass is 16.2. The maximum Gasteiger partial charge on any atom is 0.281 e. The van der Waals surface area contributed by atoms with Crippen molar-refractivity contribution in [2.75, 3.05) is 18.4 Å². The van der Waals surface area contributed by atoms with E-state index < -0.39 is 5.91 Å². The molecule has 0 fully saturated rings. The van der Waals surface area contributed by atoms with Crippen molar-refractivity contribution in [1.82, 2.24) is 24.3 Å². The van der Waals surface area contributed by atoms with Crippen molar-refractivity contribution in [2.24, 2.45) is 0 Å². The number of fused-ring (bicyclic) bond motifs is 2. The molecular weight excluding hydrogens is 308 g/mol. The second-order valence-corrected chi connectivity index (χ2v) is 5.60. The van der Waals surface area contributed by atoms with Crippen molar-refractivity contribution in [2.45, 2.75) is 13.0 Å². The standard InChI is InChI=1S/C16H16N6O2/c23-15(12-10-21-8-6-17-5-4-14(21)19-12)20-11-9-18-13-3-1-2-7-22(13)16(11)24/h1-3,7,9-10,17H,4-6,8H2,(H,20,23). The minimum Gasteiger partial charge on any atom is -0.333 e. The Morgan fingerprint density at radius 3 is 3.12 bits per heavy atom. The smallest absolute Gasteiger partial charge is 0.281 e. The van der Waals surface area contributed by atoms with Crippen LogP contribution >= 0.6 is 0 Å². The molecule has 0 unspecified atom stereocenters. The van der Waals surface area contributed by atoms with Gasteiger partial charge in [-0.3, -0.25) is 14.0 Å². The molecule has 8 heteroatoms. The first-order chi connectivity index (χ1) is 11.7. The van der Waals surface area contributed by atoms with Crippen molar-refractivity contribution < 1.29 is 4.79 Å². The highest BCUT2D eigenvalue weighted by Crippen LogP contribution is 2.09. The first kappa shape index (κ1) is 14.6. The summed E-state index contributed by atoms with van der Waals surface area (Å²) in [6, 6.07) is 5.27. The van der Waals surface area contributed by atoms with E-state index in [-0.39, 0.29) is 11.2 Å². The van der Waals surface area contributed by atoms with Gasteiger partial charge in [-0.1, -0.05) is 6.07 Å². The van der Waals surface area contributed by atoms with E-state index in [0.717, 1.165) is 31.9 Å². The number of amides is 1. The molecule has 4 rings (SSSR count). The Labute approximate surface area is 137 Å². The molecule has 0 spiro atoms. The maximum absolute atomic E-state index is 12.4. The van der Waals surface area contributed by atoms with Gasteiger partial charge in [-0.25, -0.2) is 9.97 Å². The van der Waals surface area contributed by atoms with Gasteiger partial charge < -0.3 is 15.2 Å². The number of pyridine rings is 1. The molecule has 1 amide bonds. The molecule has 3 aromatic rings. The van der Waals surface area contributed by atoms with Gasteiger partial charge in [-0.05, 0) is 12.1 Å². The number of hydrogen-bond acceptors (Lipinski definition) is 5. The van der Waals surface area contributed by atoms with Crippen LogP contribution in [-0.2, 0) is 13.0 Å². The molecule has 0 radical (unpaired) electrons. The van der Waals surface area contributed by atoms with Crippen LogP contribution in [-0.4, -0.2) is 37.9 Å². The van der Waals surface area contributed by atoms with Crippen molar-refractivity contribution >= 4 is 17.2 Å². The average Bonchev–Trinajstić information content (AvgIpc) is 2.88. The van der Waals surface area contributed by atoms with Gasteiger partial charge in [-0.2, -0.15) is 0 Å². The normalized spacial score (nSPS) is 14.2. The van der Waals surface area contributed by atoms with Crippen LogP contribution in [0.3, 0.4) is 0 Å². The number of nitrogens with zero attached hydrogens (tertiary/aromatic N) is 4. The minimum absolute atomic E-state index is 0.133. The minimum atomic E-state index is -0.404. The summed E-state index contributed by atoms with van der Waals surface area (Å²) in [7, 11) is 0. The van der Waals surface area contributed by atoms with E-state index in [1.54, 1.807) is 30.6 Å². The average molecular weight is 324 g/mol. The van der Waals surface area contributed by atoms with Gasteiger partial charge in [0, 0.05) is 38.4 Å². The van der Waals surface area contributed by atoms with Crippen LogP contribution in [0.15, 0.2) is 41.6 Å². The Hall–Kier alpha value is -3.00. The monoisotopic (exact) mass is 324 g/mol. The molecule has 8 nitrogen and oxygen atoms in total. The zero-order valence-electron chi connectivity index (χ0n) is 12.9. The van der Waals surface area contributed by atoms with E-state index >= 15 is 0 Å². The third kappa shape index (κ3) is 2.56. The molecule has 4 heterocycles. The highest BCUT2D eigenvalue weighted by Gasteiger charge is 2.17. The third-order valence-electron chi connectivity index (χ3n) is 4.01. The van der Waals surface area contributed by atoms with Crippen molar-refractivity contribution in [3.05, 3.63) is 58.7 Å². The van der Waals surface area contributed by atoms with Gasteiger partial charge in [0.25, 0.3) is 11.5 Å². The van der Waals surface area contributed by atoms with Gasteiger partial charge >= 0.3 is 0 Å². The quantitative estimate of drug-likeness (QED) is 0.707. The summed E-state index contributed by atoms with van der Waals surface area (Å²) in [6.45, 7) is 2.46. The fourth-order valence-corrected chi connectivity index (χ4v) is 2.78. The van der Waals surface area contributed by atoms with Gasteiger partial charge in [0.2, 0.25) is 0 Å². The van der Waals surface area contributed by atoms with Crippen LogP contribution in [0, 0.1) is 0 Å². The summed E-state index contributed by atoms with van der Waals surface area (Å²) < 4.78 is 3.37. The van der Waals surface area contributed by atoms with Crippen LogP contribution in [0.1, 0.15) is 16.3 Å². The predicted molar refractivity (Wildman–Crippen MR) is 88.2 cm³/mol. The van der Waals surface area contributed by atoms with Crippen LogP contribution in [0.4, 0.5) is 5.69 Å². The lowest BCUT2D eigenvalue weighted by molar-refractivity contribution is 0.102. The van der Waals surface area contributed by atoms with Gasteiger partial charge in [-0.15, -0.1) is 0 Å². The van der Waals surface area contributed by atoms with Gasteiger partial charge in [0.1, 0.15) is 22.9 Å². The molecule has 0 aromatic carbocycles. The van der Waals surface area contributed by atoms with Gasteiger partial charge in [0.05, 0.1) is 6.20 Å². The zero-order chi connectivity index (χ0) is 16.5. The van der Waals surface area contributed by atoms with Crippen LogP contribution in [0.2, 0.25) is 0 Å². The number of nitrogens with one attached hydrogen (secondary N) is 2. The lowest BCUT2D eigenvalue weighted by atomic mass is 10.4. The summed E-state index contributed by atoms with van der Waals surface area (Å²) in [5.74, 6) is 0.469. The molecule has 3 aromatic heterocycles. The summed E-state index contributed by atoms with van der Waals surface area (Å²) in [4.78, 5) is 33.4. The summed E-state index contributed by atoms with van der Waals surface area (Å²) in [5.41, 5.74) is 0.652. The second-order valence-electron chi connectivity index (χ2n) is 5.60. The predicted octanol–water partition coefficient (Wildman–Crippen LogP) is 0.289. The third-order valence-corrected chi connectivity index (χ3v) is 4.01. The molecule has 0 saturated heterocycles. The number of carbonyl (C=O) groups excluding carboxylic acids is 1. The molecule has 2 N–H and O–H groups in total. The van der Waals surface area contributed by atoms with E-state index in [9.17, 15) is 9.59 Å². The fourth-order valence-electron chi connectivity index (χ4n) is 2.78. The number of hydrogen-bond donors (Lipinski definition) is 2. The summed E-state index contributed by atoms with van der Waals surface area (Å²) >= 11 is 0. The zero-order valence-corrected chi connectivity index (χ0v) is 12.9. The van der Waals surface area contributed by atoms with E-state index in [1.807, 2.05) is 4.57 Å². The molecule has 0 aliphatic carbocycles. The molecule has 0 atom stereocenters. The van der Waals surface area contributed by atoms with Gasteiger partial charge in [0.15, 0.2) is 0 Å². The van der Waals surface area contributed by atoms with E-state index in [4.69, 9.17) is 0 Å². The first-order valence-corrected chi connectivity index (χ1v) is 7.77. The second kappa shape index (κ2) is 5.89. The molecule has 122 valence electrons. The number of rotatable bonds is 2. The van der Waals surface area contributed by atoms with Crippen LogP contribution in [0.5, 0.6) is 0 Å². The molecular formula is C16H16N6O2. The molecule has 0 saturated carbocycles. The summed E-state index contributed by atoms with van der Waals surface area (Å²) in [6.07, 6.45) is 5.49. The first-order valence-electron chi connectivity index (χ1n) is 7.77. The lowest BCUT2D eigenvalue weighted by Gasteiger charge is -2.04. The molecule has 24 heavy (non-hydrogen) atoms. The summed E-state index contributed by atoms with van der Waals surface area (Å²) in [5, 5.41) is 5.90. The maximum atomic E-state index is 12.4. The topological polar surface area (TPSA) is 93.3 Å². The highest BCUT2D eigenvalue weighted by molar-refractivity contribution is 6.02. The number of aromatic nitrogens is 4. The van der Waals surface area contributed by atoms with Crippen LogP contribution < -0.4 is 16.2 Å². The Balaban J connectivity index is 1.63. The fraction of sp³-hybridized carbons (Fsp3) is 0.250. The molecule has 0 bridgehead atoms. The van der Waals surface area contributed by atoms with Crippen molar-refractivity contribution in [3.63, 3.8) is 0 Å². The van der Waals surface area contributed by atoms with E-state index in [1.165, 1.54) is 10.6 Å².